The highest BCUT2D eigenvalue weighted by molar-refractivity contribution is 7.91. The van der Waals surface area contributed by atoms with Gasteiger partial charge in [-0.15, -0.1) is 10.2 Å². The molecule has 3 aromatic heterocycles. The van der Waals surface area contributed by atoms with Crippen molar-refractivity contribution >= 4 is 26.6 Å². The number of nitrogens with one attached hydrogen (secondary N) is 1. The summed E-state index contributed by atoms with van der Waals surface area (Å²) < 4.78 is 33.3. The molecule has 0 radical (unpaired) electrons. The zero-order valence-electron chi connectivity index (χ0n) is 16.6. The maximum Gasteiger partial charge on any atom is 0.179 e. The minimum Gasteiger partial charge on any atom is -0.377 e. The molecule has 5 rings (SSSR count). The van der Waals surface area contributed by atoms with Crippen LogP contribution >= 0.6 is 0 Å². The summed E-state index contributed by atoms with van der Waals surface area (Å²) in [5.74, 6) is 2.01. The van der Waals surface area contributed by atoms with Gasteiger partial charge in [-0.05, 0) is 50.0 Å². The molecule has 0 bridgehead atoms. The number of hydrogen-bond acceptors (Lipinski definition) is 6. The van der Waals surface area contributed by atoms with Gasteiger partial charge in [0.1, 0.15) is 5.82 Å². The summed E-state index contributed by atoms with van der Waals surface area (Å²) in [5, 5.41) is 8.78. The number of sulfone groups is 1. The van der Waals surface area contributed by atoms with Gasteiger partial charge in [-0.1, -0.05) is 6.92 Å². The topological polar surface area (TPSA) is 102 Å². The number of nitrogens with zero attached hydrogens (tertiary/aromatic N) is 4. The van der Waals surface area contributed by atoms with Crippen LogP contribution in [-0.2, 0) is 14.6 Å². The Kier molecular flexibility index (Phi) is 4.82. The molecule has 29 heavy (non-hydrogen) atoms. The molecule has 1 saturated heterocycles. The van der Waals surface area contributed by atoms with Crippen LogP contribution in [0.4, 0.5) is 0 Å². The first-order valence-electron chi connectivity index (χ1n) is 10.5. The molecule has 156 valence electrons. The van der Waals surface area contributed by atoms with Gasteiger partial charge in [-0.3, -0.25) is 4.40 Å². The molecule has 1 unspecified atom stereocenters. The Balaban J connectivity index is 1.35. The molecule has 0 amide bonds. The van der Waals surface area contributed by atoms with E-state index in [1.807, 2.05) is 12.3 Å². The molecule has 4 heterocycles. The molecule has 0 aromatic carbocycles. The Morgan fingerprint density at radius 1 is 1.24 bits per heavy atom. The van der Waals surface area contributed by atoms with Crippen molar-refractivity contribution in [2.24, 2.45) is 11.8 Å². The maximum absolute atomic E-state index is 12.8. The van der Waals surface area contributed by atoms with Gasteiger partial charge in [0.05, 0.1) is 29.3 Å². The predicted octanol–water partition coefficient (Wildman–Crippen LogP) is 2.72. The lowest BCUT2D eigenvalue weighted by Gasteiger charge is -2.23. The van der Waals surface area contributed by atoms with E-state index in [-0.39, 0.29) is 29.4 Å². The van der Waals surface area contributed by atoms with Crippen molar-refractivity contribution in [3.8, 4) is 0 Å². The molecule has 1 N–H and O–H groups in total. The number of aromatic amines is 1. The van der Waals surface area contributed by atoms with Crippen molar-refractivity contribution in [2.45, 2.75) is 51.0 Å². The van der Waals surface area contributed by atoms with Gasteiger partial charge in [0.2, 0.25) is 0 Å². The van der Waals surface area contributed by atoms with Crippen molar-refractivity contribution in [1.82, 2.24) is 24.6 Å². The molecule has 2 fully saturated rings. The molecule has 4 atom stereocenters. The van der Waals surface area contributed by atoms with E-state index in [0.29, 0.717) is 12.5 Å². The van der Waals surface area contributed by atoms with Gasteiger partial charge in [0, 0.05) is 18.7 Å². The van der Waals surface area contributed by atoms with Crippen LogP contribution in [0.25, 0.3) is 16.8 Å². The minimum atomic E-state index is -3.13. The third-order valence-corrected chi connectivity index (χ3v) is 8.34. The van der Waals surface area contributed by atoms with Gasteiger partial charge in [-0.2, -0.15) is 0 Å². The number of hydrogen-bond donors (Lipinski definition) is 1. The van der Waals surface area contributed by atoms with E-state index in [0.717, 1.165) is 54.7 Å². The van der Waals surface area contributed by atoms with Gasteiger partial charge in [0.15, 0.2) is 21.1 Å². The monoisotopic (exact) mass is 417 g/mol. The predicted molar refractivity (Wildman–Crippen MR) is 110 cm³/mol. The molecule has 9 heteroatoms. The summed E-state index contributed by atoms with van der Waals surface area (Å²) in [6.07, 6.45) is 8.13. The van der Waals surface area contributed by atoms with Gasteiger partial charge in [0.25, 0.3) is 0 Å². The summed E-state index contributed by atoms with van der Waals surface area (Å²) in [5.41, 5.74) is 2.49. The van der Waals surface area contributed by atoms with E-state index in [4.69, 9.17) is 4.74 Å². The van der Waals surface area contributed by atoms with Gasteiger partial charge in [-0.25, -0.2) is 13.4 Å². The van der Waals surface area contributed by atoms with E-state index >= 15 is 0 Å². The SMILES string of the molecule is C[C@@H]1C[C@H](CS(=O)(=O)CC2CCCCO2)C[C@@H]1c1nnc2cnc3[nH]ccc3n12. The number of aromatic nitrogens is 5. The van der Waals surface area contributed by atoms with Crippen molar-refractivity contribution < 1.29 is 13.2 Å². The van der Waals surface area contributed by atoms with Crippen molar-refractivity contribution in [3.63, 3.8) is 0 Å². The molecular formula is C20H27N5O3S. The fourth-order valence-electron chi connectivity index (χ4n) is 5.16. The Bertz CT molecular complexity index is 1120. The number of rotatable bonds is 5. The first-order valence-corrected chi connectivity index (χ1v) is 12.3. The molecule has 1 aliphatic heterocycles. The average molecular weight is 418 g/mol. The first-order chi connectivity index (χ1) is 14.0. The number of ether oxygens (including phenoxy) is 1. The van der Waals surface area contributed by atoms with Gasteiger partial charge < -0.3 is 9.72 Å². The Morgan fingerprint density at radius 3 is 2.97 bits per heavy atom. The lowest BCUT2D eigenvalue weighted by molar-refractivity contribution is 0.0305. The van der Waals surface area contributed by atoms with Crippen LogP contribution in [0, 0.1) is 11.8 Å². The standard InChI is InChI=1S/C20H27N5O3S/c1-13-8-14(11-29(26,27)12-15-4-2-3-7-28-15)9-16(13)20-24-23-18-10-22-19-17(25(18)20)5-6-21-19/h5-6,10,13-16,21H,2-4,7-9,11-12H2,1H3/t13-,14+,15?,16+/m1/s1. The Labute approximate surface area is 170 Å². The third kappa shape index (κ3) is 3.66. The average Bonchev–Trinajstić information content (AvgIpc) is 3.38. The van der Waals surface area contributed by atoms with E-state index in [1.165, 1.54) is 0 Å². The quantitative estimate of drug-likeness (QED) is 0.685. The minimum absolute atomic E-state index is 0.127. The normalized spacial score (nSPS) is 28.4. The van der Waals surface area contributed by atoms with Crippen molar-refractivity contribution in [3.05, 3.63) is 24.3 Å². The summed E-state index contributed by atoms with van der Waals surface area (Å²) in [4.78, 5) is 7.51. The van der Waals surface area contributed by atoms with E-state index in [9.17, 15) is 8.42 Å². The molecule has 2 aliphatic rings. The highest BCUT2D eigenvalue weighted by Crippen LogP contribution is 2.43. The zero-order valence-corrected chi connectivity index (χ0v) is 17.4. The number of fused-ring (bicyclic) bond motifs is 3. The second-order valence-corrected chi connectivity index (χ2v) is 10.9. The molecular weight excluding hydrogens is 390 g/mol. The largest absolute Gasteiger partial charge is 0.377 e. The Hall–Kier alpha value is -2.00. The fourth-order valence-corrected chi connectivity index (χ4v) is 7.12. The Morgan fingerprint density at radius 2 is 2.14 bits per heavy atom. The van der Waals surface area contributed by atoms with Crippen LogP contribution in [0.15, 0.2) is 18.5 Å². The zero-order chi connectivity index (χ0) is 20.0. The molecule has 3 aromatic rings. The molecule has 1 aliphatic carbocycles. The summed E-state index contributed by atoms with van der Waals surface area (Å²) >= 11 is 0. The number of H-pyrrole nitrogens is 1. The molecule has 1 saturated carbocycles. The summed E-state index contributed by atoms with van der Waals surface area (Å²) in [7, 11) is -3.13. The van der Waals surface area contributed by atoms with Crippen LogP contribution in [0.3, 0.4) is 0 Å². The van der Waals surface area contributed by atoms with Gasteiger partial charge >= 0.3 is 0 Å². The lowest BCUT2D eigenvalue weighted by Crippen LogP contribution is -2.30. The highest BCUT2D eigenvalue weighted by Gasteiger charge is 2.38. The highest BCUT2D eigenvalue weighted by atomic mass is 32.2. The van der Waals surface area contributed by atoms with E-state index < -0.39 is 9.84 Å². The van der Waals surface area contributed by atoms with Crippen LogP contribution in [0.2, 0.25) is 0 Å². The maximum atomic E-state index is 12.8. The van der Waals surface area contributed by atoms with Crippen molar-refractivity contribution in [2.75, 3.05) is 18.1 Å². The van der Waals surface area contributed by atoms with Crippen LogP contribution in [0.1, 0.15) is 50.8 Å². The van der Waals surface area contributed by atoms with Crippen LogP contribution in [0.5, 0.6) is 0 Å². The molecule has 8 nitrogen and oxygen atoms in total. The fraction of sp³-hybridized carbons (Fsp3) is 0.650. The summed E-state index contributed by atoms with van der Waals surface area (Å²) in [6.45, 7) is 2.88. The third-order valence-electron chi connectivity index (χ3n) is 6.48. The van der Waals surface area contributed by atoms with Crippen LogP contribution < -0.4 is 0 Å². The van der Waals surface area contributed by atoms with E-state index in [1.54, 1.807) is 6.20 Å². The smallest absolute Gasteiger partial charge is 0.179 e. The molecule has 0 spiro atoms. The van der Waals surface area contributed by atoms with Crippen LogP contribution in [-0.4, -0.2) is 57.2 Å². The lowest BCUT2D eigenvalue weighted by atomic mass is 9.97. The first kappa shape index (κ1) is 19.0. The van der Waals surface area contributed by atoms with E-state index in [2.05, 4.69) is 31.5 Å². The second-order valence-electron chi connectivity index (χ2n) is 8.71. The second kappa shape index (κ2) is 7.36. The van der Waals surface area contributed by atoms with Crippen molar-refractivity contribution in [1.29, 1.82) is 0 Å². The summed E-state index contributed by atoms with van der Waals surface area (Å²) in [6, 6.07) is 1.98.